The molecule has 2 aliphatic rings. The molecular weight excluding hydrogens is 480 g/mol. The number of nitrogens with zero attached hydrogens (tertiary/aromatic N) is 3. The van der Waals surface area contributed by atoms with Gasteiger partial charge in [0.2, 0.25) is 0 Å². The molecule has 2 amide bonds. The van der Waals surface area contributed by atoms with Crippen LogP contribution in [0.25, 0.3) is 43.6 Å². The number of ether oxygens (including phenoxy) is 1. The minimum absolute atomic E-state index is 0.270. The van der Waals surface area contributed by atoms with Crippen LogP contribution in [0.5, 0.6) is 0 Å². The van der Waals surface area contributed by atoms with Crippen LogP contribution in [-0.2, 0) is 11.3 Å². The van der Waals surface area contributed by atoms with Crippen molar-refractivity contribution >= 4 is 55.4 Å². The lowest BCUT2D eigenvalue weighted by Gasteiger charge is -2.26. The van der Waals surface area contributed by atoms with Crippen LogP contribution in [0.15, 0.2) is 48.5 Å². The Labute approximate surface area is 219 Å². The fourth-order valence-electron chi connectivity index (χ4n) is 6.39. The number of morpholine rings is 1. The minimum Gasteiger partial charge on any atom is -0.379 e. The zero-order valence-corrected chi connectivity index (χ0v) is 21.2. The number of aryl methyl sites for hydroxylation is 1. The van der Waals surface area contributed by atoms with Crippen LogP contribution < -0.4 is 0 Å². The summed E-state index contributed by atoms with van der Waals surface area (Å²) in [6.07, 6.45) is 4.46. The van der Waals surface area contributed by atoms with E-state index in [4.69, 9.17) is 4.74 Å². The van der Waals surface area contributed by atoms with Crippen molar-refractivity contribution in [3.63, 3.8) is 0 Å². The van der Waals surface area contributed by atoms with Crippen LogP contribution in [0.3, 0.4) is 0 Å². The highest BCUT2D eigenvalue weighted by molar-refractivity contribution is 6.38. The van der Waals surface area contributed by atoms with Gasteiger partial charge in [0.25, 0.3) is 11.8 Å². The molecule has 1 saturated heterocycles. The highest BCUT2D eigenvalue weighted by Crippen LogP contribution is 2.44. The second kappa shape index (κ2) is 9.23. The predicted molar refractivity (Wildman–Crippen MR) is 147 cm³/mol. The van der Waals surface area contributed by atoms with Crippen molar-refractivity contribution in [2.75, 3.05) is 32.8 Å². The van der Waals surface area contributed by atoms with Gasteiger partial charge in [0.1, 0.15) is 0 Å². The first-order valence-corrected chi connectivity index (χ1v) is 13.5. The molecule has 38 heavy (non-hydrogen) atoms. The Morgan fingerprint density at radius 2 is 1.45 bits per heavy atom. The van der Waals surface area contributed by atoms with Gasteiger partial charge in [-0.1, -0.05) is 49.2 Å². The molecule has 4 heterocycles. The van der Waals surface area contributed by atoms with Gasteiger partial charge < -0.3 is 14.3 Å². The molecule has 2 N–H and O–H groups in total. The molecule has 0 saturated carbocycles. The zero-order chi connectivity index (χ0) is 25.8. The summed E-state index contributed by atoms with van der Waals surface area (Å²) in [4.78, 5) is 32.4. The second-order valence-corrected chi connectivity index (χ2v) is 10.4. The van der Waals surface area contributed by atoms with Crippen molar-refractivity contribution in [3.05, 3.63) is 59.7 Å². The summed E-state index contributed by atoms with van der Waals surface area (Å²) < 4.78 is 7.74. The fraction of sp³-hybridized carbons (Fsp3) is 0.333. The molecule has 2 aliphatic heterocycles. The van der Waals surface area contributed by atoms with Gasteiger partial charge in [-0.3, -0.25) is 19.7 Å². The van der Waals surface area contributed by atoms with Crippen molar-refractivity contribution in [3.8, 4) is 0 Å². The van der Waals surface area contributed by atoms with Gasteiger partial charge in [-0.25, -0.2) is 0 Å². The molecule has 2 aromatic heterocycles. The quantitative estimate of drug-likeness (QED) is 0.176. The molecular formula is C30H30N4O4. The Bertz CT molecular complexity index is 1730. The number of hydroxylamine groups is 2. The van der Waals surface area contributed by atoms with E-state index in [1.54, 1.807) is 0 Å². The maximum absolute atomic E-state index is 13.3. The SMILES string of the molecule is O=C1c2c(c3c4ccccc4n(CCCCCCN4CCOCC4)c3c3[nH]c4ccccc4c23)C(=O)N1O. The number of aromatic nitrogens is 2. The van der Waals surface area contributed by atoms with Gasteiger partial charge in [0, 0.05) is 52.2 Å². The molecule has 7 rings (SSSR count). The third kappa shape index (κ3) is 3.48. The molecule has 194 valence electrons. The second-order valence-electron chi connectivity index (χ2n) is 10.4. The van der Waals surface area contributed by atoms with Crippen LogP contribution in [-0.4, -0.2) is 69.4 Å². The summed E-state index contributed by atoms with van der Waals surface area (Å²) in [6.45, 7) is 5.64. The van der Waals surface area contributed by atoms with E-state index < -0.39 is 11.8 Å². The van der Waals surface area contributed by atoms with E-state index in [1.807, 2.05) is 42.5 Å². The summed E-state index contributed by atoms with van der Waals surface area (Å²) in [5.74, 6) is -1.33. The first-order chi connectivity index (χ1) is 18.6. The highest BCUT2D eigenvalue weighted by atomic mass is 16.5. The first kappa shape index (κ1) is 23.4. The average Bonchev–Trinajstić information content (AvgIpc) is 3.56. The molecule has 3 aromatic carbocycles. The number of hydrogen-bond acceptors (Lipinski definition) is 5. The molecule has 1 fully saturated rings. The number of carbonyl (C=O) groups is 2. The van der Waals surface area contributed by atoms with Gasteiger partial charge in [-0.05, 0) is 31.5 Å². The van der Waals surface area contributed by atoms with Gasteiger partial charge in [-0.15, -0.1) is 5.06 Å². The average molecular weight is 511 g/mol. The van der Waals surface area contributed by atoms with Crippen molar-refractivity contribution in [1.29, 1.82) is 0 Å². The van der Waals surface area contributed by atoms with E-state index in [0.717, 1.165) is 96.9 Å². The summed E-state index contributed by atoms with van der Waals surface area (Å²) in [7, 11) is 0. The van der Waals surface area contributed by atoms with E-state index in [-0.39, 0.29) is 10.6 Å². The van der Waals surface area contributed by atoms with Crippen molar-refractivity contribution in [2.24, 2.45) is 0 Å². The van der Waals surface area contributed by atoms with Gasteiger partial charge >= 0.3 is 0 Å². The number of hydrogen-bond donors (Lipinski definition) is 2. The Morgan fingerprint density at radius 3 is 2.24 bits per heavy atom. The third-order valence-electron chi connectivity index (χ3n) is 8.19. The number of rotatable bonds is 7. The number of benzene rings is 3. The van der Waals surface area contributed by atoms with E-state index in [9.17, 15) is 14.8 Å². The van der Waals surface area contributed by atoms with Gasteiger partial charge in [0.15, 0.2) is 0 Å². The normalized spacial score (nSPS) is 16.6. The number of unbranched alkanes of at least 4 members (excludes halogenated alkanes) is 3. The number of nitrogens with one attached hydrogen (secondary N) is 1. The monoisotopic (exact) mass is 510 g/mol. The van der Waals surface area contributed by atoms with Gasteiger partial charge in [-0.2, -0.15) is 0 Å². The van der Waals surface area contributed by atoms with E-state index >= 15 is 0 Å². The van der Waals surface area contributed by atoms with Crippen molar-refractivity contribution in [1.82, 2.24) is 19.5 Å². The van der Waals surface area contributed by atoms with E-state index in [0.29, 0.717) is 10.9 Å². The number of imide groups is 1. The van der Waals surface area contributed by atoms with Gasteiger partial charge in [0.05, 0.1) is 35.4 Å². The molecule has 0 unspecified atom stereocenters. The van der Waals surface area contributed by atoms with Crippen molar-refractivity contribution < 1.29 is 19.5 Å². The van der Waals surface area contributed by atoms with E-state index in [2.05, 4.69) is 20.5 Å². The molecule has 5 aromatic rings. The summed E-state index contributed by atoms with van der Waals surface area (Å²) in [5.41, 5.74) is 4.25. The topological polar surface area (TPSA) is 90.8 Å². The number of para-hydroxylation sites is 2. The van der Waals surface area contributed by atoms with Crippen LogP contribution in [0.4, 0.5) is 0 Å². The lowest BCUT2D eigenvalue weighted by Crippen LogP contribution is -2.36. The standard InChI is InChI=1S/C30H30N4O4/c35-29-25-23-19-9-3-5-11-21(19)31-27(23)28-24(26(25)30(36)34(29)37)20-10-4-6-12-22(20)33(28)14-8-2-1-7-13-32-15-17-38-18-16-32/h3-6,9-12,31,37H,1-2,7-8,13-18H2. The lowest BCUT2D eigenvalue weighted by molar-refractivity contribution is -0.0325. The molecule has 8 nitrogen and oxygen atoms in total. The summed E-state index contributed by atoms with van der Waals surface area (Å²) >= 11 is 0. The molecule has 0 spiro atoms. The fourth-order valence-corrected chi connectivity index (χ4v) is 6.39. The number of fused-ring (bicyclic) bond motifs is 10. The number of H-pyrrole nitrogens is 1. The molecule has 0 aliphatic carbocycles. The van der Waals surface area contributed by atoms with Crippen LogP contribution in [0.2, 0.25) is 0 Å². The zero-order valence-electron chi connectivity index (χ0n) is 21.2. The smallest absolute Gasteiger partial charge is 0.286 e. The summed E-state index contributed by atoms with van der Waals surface area (Å²) in [6, 6.07) is 15.9. The Balaban J connectivity index is 1.32. The molecule has 8 heteroatoms. The Kier molecular flexibility index (Phi) is 5.69. The minimum atomic E-state index is -0.668. The molecule has 0 bridgehead atoms. The summed E-state index contributed by atoms with van der Waals surface area (Å²) in [5, 5.41) is 13.9. The predicted octanol–water partition coefficient (Wildman–Crippen LogP) is 5.31. The maximum atomic E-state index is 13.3. The number of aromatic amines is 1. The van der Waals surface area contributed by atoms with E-state index in [1.165, 1.54) is 6.42 Å². The lowest BCUT2D eigenvalue weighted by atomic mass is 9.97. The van der Waals surface area contributed by atoms with Crippen LogP contribution in [0.1, 0.15) is 46.4 Å². The number of carbonyl (C=O) groups excluding carboxylic acids is 2. The number of amides is 2. The first-order valence-electron chi connectivity index (χ1n) is 13.5. The third-order valence-corrected chi connectivity index (χ3v) is 8.19. The van der Waals surface area contributed by atoms with Crippen LogP contribution >= 0.6 is 0 Å². The Hall–Kier alpha value is -3.72. The maximum Gasteiger partial charge on any atom is 0.286 e. The molecule has 0 radical (unpaired) electrons. The Morgan fingerprint density at radius 1 is 0.789 bits per heavy atom. The largest absolute Gasteiger partial charge is 0.379 e. The highest BCUT2D eigenvalue weighted by Gasteiger charge is 2.41. The van der Waals surface area contributed by atoms with Crippen LogP contribution in [0, 0.1) is 0 Å². The van der Waals surface area contributed by atoms with Crippen molar-refractivity contribution in [2.45, 2.75) is 32.2 Å². The molecule has 0 atom stereocenters.